The van der Waals surface area contributed by atoms with E-state index in [1.54, 1.807) is 20.5 Å². The van der Waals surface area contributed by atoms with Gasteiger partial charge < -0.3 is 18.9 Å². The molecule has 5 rings (SSSR count). The molecule has 1 saturated carbocycles. The van der Waals surface area contributed by atoms with Gasteiger partial charge in [0, 0.05) is 30.3 Å². The Balaban J connectivity index is 1.36. The summed E-state index contributed by atoms with van der Waals surface area (Å²) in [6.07, 6.45) is 16.0. The molecule has 1 aromatic carbocycles. The zero-order valence-electron chi connectivity index (χ0n) is 19.5. The van der Waals surface area contributed by atoms with Crippen LogP contribution in [0.1, 0.15) is 36.9 Å². The van der Waals surface area contributed by atoms with Gasteiger partial charge in [-0.3, -0.25) is 4.79 Å². The molecule has 1 amide bonds. The number of benzene rings is 1. The van der Waals surface area contributed by atoms with Gasteiger partial charge >= 0.3 is 0 Å². The van der Waals surface area contributed by atoms with E-state index in [1.165, 1.54) is 0 Å². The lowest BCUT2D eigenvalue weighted by Crippen LogP contribution is -2.43. The molecule has 2 aliphatic carbocycles. The molecule has 0 N–H and O–H groups in total. The second-order valence-electron chi connectivity index (χ2n) is 9.18. The van der Waals surface area contributed by atoms with Gasteiger partial charge in [-0.25, -0.2) is 4.98 Å². The molecule has 2 heterocycles. The molecule has 1 aliphatic heterocycles. The molecule has 0 spiro atoms. The van der Waals surface area contributed by atoms with Crippen molar-refractivity contribution in [3.05, 3.63) is 71.5 Å². The second-order valence-corrected chi connectivity index (χ2v) is 9.18. The van der Waals surface area contributed by atoms with Crippen molar-refractivity contribution in [1.29, 1.82) is 0 Å². The number of nitrogens with zero attached hydrogens (tertiary/aromatic N) is 3. The number of imidazole rings is 1. The molecule has 2 fully saturated rings. The van der Waals surface area contributed by atoms with Crippen molar-refractivity contribution >= 4 is 12.0 Å². The van der Waals surface area contributed by atoms with Gasteiger partial charge in [0.2, 0.25) is 5.91 Å². The Bertz CT molecular complexity index is 1140. The first kappa shape index (κ1) is 21.6. The second kappa shape index (κ2) is 8.93. The fourth-order valence-corrected chi connectivity index (χ4v) is 5.54. The van der Waals surface area contributed by atoms with E-state index in [0.717, 1.165) is 66.3 Å². The van der Waals surface area contributed by atoms with Gasteiger partial charge in [0.1, 0.15) is 5.75 Å². The molecule has 1 saturated heterocycles. The third-order valence-electron chi connectivity index (χ3n) is 7.16. The van der Waals surface area contributed by atoms with E-state index in [4.69, 9.17) is 9.47 Å². The summed E-state index contributed by atoms with van der Waals surface area (Å²) in [5.41, 5.74) is 3.74. The SMILES string of the molecule is COC1=CC=CC2C[C@@H](N3CCC/C(=C\c4ccc(-n5cnc(C)c5)c(OC)c4)C3=O)CC12. The van der Waals surface area contributed by atoms with Gasteiger partial charge in [0.15, 0.2) is 0 Å². The number of aryl methyl sites for hydroxylation is 1. The number of ether oxygens (including phenoxy) is 2. The summed E-state index contributed by atoms with van der Waals surface area (Å²) in [6.45, 7) is 2.79. The summed E-state index contributed by atoms with van der Waals surface area (Å²) >= 11 is 0. The number of likely N-dealkylation sites (tertiary alicyclic amines) is 1. The molecule has 172 valence electrons. The smallest absolute Gasteiger partial charge is 0.250 e. The van der Waals surface area contributed by atoms with Crippen molar-refractivity contribution in [1.82, 2.24) is 14.5 Å². The number of rotatable bonds is 5. The molecule has 0 radical (unpaired) electrons. The van der Waals surface area contributed by atoms with Crippen LogP contribution >= 0.6 is 0 Å². The lowest BCUT2D eigenvalue weighted by molar-refractivity contribution is -0.130. The maximum Gasteiger partial charge on any atom is 0.250 e. The highest BCUT2D eigenvalue weighted by Gasteiger charge is 2.41. The fourth-order valence-electron chi connectivity index (χ4n) is 5.54. The number of carbonyl (C=O) groups is 1. The number of fused-ring (bicyclic) bond motifs is 1. The zero-order valence-corrected chi connectivity index (χ0v) is 19.5. The molecule has 0 bridgehead atoms. The Morgan fingerprint density at radius 1 is 1.18 bits per heavy atom. The van der Waals surface area contributed by atoms with Crippen molar-refractivity contribution in [3.63, 3.8) is 0 Å². The fraction of sp³-hybridized carbons (Fsp3) is 0.407. The zero-order chi connectivity index (χ0) is 22.9. The van der Waals surface area contributed by atoms with Crippen molar-refractivity contribution in [2.45, 2.75) is 38.6 Å². The minimum Gasteiger partial charge on any atom is -0.501 e. The molecular formula is C27H31N3O3. The third kappa shape index (κ3) is 4.10. The number of methoxy groups -OCH3 is 2. The Morgan fingerprint density at radius 3 is 2.82 bits per heavy atom. The standard InChI is InChI=1S/C27H31N3O3/c1-18-16-29(17-28-18)24-10-9-19(13-26(24)33-3)12-21-7-5-11-30(27(21)31)22-14-20-6-4-8-25(32-2)23(20)15-22/h4,6,8-10,12-13,16-17,20,22-23H,5,7,11,14-15H2,1-3H3/b21-12+/t20?,22-,23?/m1/s1. The van der Waals surface area contributed by atoms with Gasteiger partial charge in [-0.1, -0.05) is 18.2 Å². The lowest BCUT2D eigenvalue weighted by atomic mass is 9.90. The van der Waals surface area contributed by atoms with Gasteiger partial charge in [-0.15, -0.1) is 0 Å². The van der Waals surface area contributed by atoms with Gasteiger partial charge in [0.25, 0.3) is 0 Å². The van der Waals surface area contributed by atoms with E-state index in [1.807, 2.05) is 42.0 Å². The third-order valence-corrected chi connectivity index (χ3v) is 7.16. The monoisotopic (exact) mass is 445 g/mol. The largest absolute Gasteiger partial charge is 0.501 e. The van der Waals surface area contributed by atoms with Crippen LogP contribution in [-0.2, 0) is 9.53 Å². The molecule has 6 heteroatoms. The maximum absolute atomic E-state index is 13.5. The van der Waals surface area contributed by atoms with Crippen LogP contribution in [0.5, 0.6) is 5.75 Å². The van der Waals surface area contributed by atoms with Gasteiger partial charge in [-0.05, 0) is 68.4 Å². The molecule has 33 heavy (non-hydrogen) atoms. The number of hydrogen-bond donors (Lipinski definition) is 0. The minimum absolute atomic E-state index is 0.171. The highest BCUT2D eigenvalue weighted by atomic mass is 16.5. The van der Waals surface area contributed by atoms with Crippen molar-refractivity contribution < 1.29 is 14.3 Å². The van der Waals surface area contributed by atoms with Crippen molar-refractivity contribution in [2.75, 3.05) is 20.8 Å². The van der Waals surface area contributed by atoms with Crippen LogP contribution in [0.25, 0.3) is 11.8 Å². The number of amides is 1. The molecule has 1 aromatic heterocycles. The quantitative estimate of drug-likeness (QED) is 0.627. The van der Waals surface area contributed by atoms with Gasteiger partial charge in [-0.2, -0.15) is 0 Å². The van der Waals surface area contributed by atoms with Crippen LogP contribution < -0.4 is 4.74 Å². The number of piperidine rings is 1. The topological polar surface area (TPSA) is 56.6 Å². The van der Waals surface area contributed by atoms with E-state index in [0.29, 0.717) is 11.8 Å². The highest BCUT2D eigenvalue weighted by molar-refractivity contribution is 5.98. The van der Waals surface area contributed by atoms with Crippen molar-refractivity contribution in [2.24, 2.45) is 11.8 Å². The Labute approximate surface area is 195 Å². The van der Waals surface area contributed by atoms with Crippen molar-refractivity contribution in [3.8, 4) is 11.4 Å². The summed E-state index contributed by atoms with van der Waals surface area (Å²) in [4.78, 5) is 19.9. The van der Waals surface area contributed by atoms with Crippen LogP contribution in [0.2, 0.25) is 0 Å². The van der Waals surface area contributed by atoms with Crippen LogP contribution in [0.4, 0.5) is 0 Å². The normalized spacial score (nSPS) is 25.8. The molecule has 2 aromatic rings. The summed E-state index contributed by atoms with van der Waals surface area (Å²) in [6, 6.07) is 6.31. The maximum atomic E-state index is 13.5. The highest BCUT2D eigenvalue weighted by Crippen LogP contribution is 2.43. The predicted molar refractivity (Wildman–Crippen MR) is 128 cm³/mol. The average molecular weight is 446 g/mol. The first-order valence-electron chi connectivity index (χ1n) is 11.7. The van der Waals surface area contributed by atoms with Crippen LogP contribution in [0.15, 0.2) is 60.3 Å². The van der Waals surface area contributed by atoms with Crippen LogP contribution in [0, 0.1) is 18.8 Å². The number of aromatic nitrogens is 2. The number of allylic oxidation sites excluding steroid dienone is 4. The van der Waals surface area contributed by atoms with E-state index < -0.39 is 0 Å². The van der Waals surface area contributed by atoms with Gasteiger partial charge in [0.05, 0.1) is 37.7 Å². The Morgan fingerprint density at radius 2 is 2.06 bits per heavy atom. The Hall–Kier alpha value is -3.28. The summed E-state index contributed by atoms with van der Waals surface area (Å²) < 4.78 is 13.2. The Kier molecular flexibility index (Phi) is 5.83. The minimum atomic E-state index is 0.171. The lowest BCUT2D eigenvalue weighted by Gasteiger charge is -2.34. The first-order chi connectivity index (χ1) is 16.1. The summed E-state index contributed by atoms with van der Waals surface area (Å²) in [5, 5.41) is 0. The van der Waals surface area contributed by atoms with E-state index in [-0.39, 0.29) is 11.9 Å². The molecule has 6 nitrogen and oxygen atoms in total. The summed E-state index contributed by atoms with van der Waals surface area (Å²) in [5.74, 6) is 2.82. The van der Waals surface area contributed by atoms with E-state index >= 15 is 0 Å². The molecule has 3 aliphatic rings. The molecule has 3 atom stereocenters. The van der Waals surface area contributed by atoms with Crippen LogP contribution in [0.3, 0.4) is 0 Å². The molecular weight excluding hydrogens is 414 g/mol. The number of hydrogen-bond acceptors (Lipinski definition) is 4. The predicted octanol–water partition coefficient (Wildman–Crippen LogP) is 4.69. The number of carbonyl (C=O) groups excluding carboxylic acids is 1. The first-order valence-corrected chi connectivity index (χ1v) is 11.7. The molecule has 2 unspecified atom stereocenters. The van der Waals surface area contributed by atoms with E-state index in [9.17, 15) is 4.79 Å². The van der Waals surface area contributed by atoms with Crippen LogP contribution in [-0.4, -0.2) is 47.2 Å². The summed E-state index contributed by atoms with van der Waals surface area (Å²) in [7, 11) is 3.42. The van der Waals surface area contributed by atoms with E-state index in [2.05, 4.69) is 28.1 Å². The average Bonchev–Trinajstić information content (AvgIpc) is 3.46.